The molecule has 0 spiro atoms. The molecule has 1 aromatic carbocycles. The maximum Gasteiger partial charge on any atom is 0.252 e. The van der Waals surface area contributed by atoms with Crippen LogP contribution < -0.4 is 5.32 Å². The monoisotopic (exact) mass is 276 g/mol. The summed E-state index contributed by atoms with van der Waals surface area (Å²) in [6, 6.07) is 7.54. The molecule has 5 nitrogen and oxygen atoms in total. The van der Waals surface area contributed by atoms with Gasteiger partial charge in [0.25, 0.3) is 5.91 Å². The molecule has 0 aliphatic carbocycles. The van der Waals surface area contributed by atoms with E-state index in [1.807, 2.05) is 38.1 Å². The number of likely N-dealkylation sites (N-methyl/N-ethyl adjacent to an activating group) is 1. The Kier molecular flexibility index (Phi) is 4.74. The van der Waals surface area contributed by atoms with Crippen molar-refractivity contribution in [1.29, 1.82) is 0 Å². The Bertz CT molecular complexity index is 484. The second kappa shape index (κ2) is 6.52. The van der Waals surface area contributed by atoms with Gasteiger partial charge >= 0.3 is 0 Å². The third kappa shape index (κ3) is 3.57. The molecular weight excluding hydrogens is 256 g/mol. The predicted octanol–water partition coefficient (Wildman–Crippen LogP) is 1.57. The number of morpholine rings is 1. The highest BCUT2D eigenvalue weighted by Gasteiger charge is 2.30. The fraction of sp³-hybridized carbons (Fsp3) is 0.467. The Balaban J connectivity index is 1.90. The highest BCUT2D eigenvalue weighted by molar-refractivity contribution is 5.95. The summed E-state index contributed by atoms with van der Waals surface area (Å²) in [5.74, 6) is -0.303. The number of amides is 2. The van der Waals surface area contributed by atoms with E-state index in [2.05, 4.69) is 5.32 Å². The molecule has 1 aromatic rings. The second-order valence-electron chi connectivity index (χ2n) is 4.90. The molecule has 2 rings (SSSR count). The SMILES string of the molecule is CCN1CCO[C@H](CC(=O)Nc2ccc(C)cc2)C1=O. The van der Waals surface area contributed by atoms with E-state index >= 15 is 0 Å². The third-order valence-electron chi connectivity index (χ3n) is 3.36. The summed E-state index contributed by atoms with van der Waals surface area (Å²) >= 11 is 0. The Morgan fingerprint density at radius 2 is 2.10 bits per heavy atom. The van der Waals surface area contributed by atoms with Gasteiger partial charge in [0.2, 0.25) is 5.91 Å². The van der Waals surface area contributed by atoms with Gasteiger partial charge in [0, 0.05) is 18.8 Å². The molecule has 1 atom stereocenters. The van der Waals surface area contributed by atoms with Crippen molar-refractivity contribution in [3.8, 4) is 0 Å². The minimum absolute atomic E-state index is 0.0587. The molecule has 1 saturated heterocycles. The van der Waals surface area contributed by atoms with Crippen LogP contribution in [0.15, 0.2) is 24.3 Å². The van der Waals surface area contributed by atoms with Crippen LogP contribution in [0.3, 0.4) is 0 Å². The first-order valence-electron chi connectivity index (χ1n) is 6.87. The minimum atomic E-state index is -0.658. The molecule has 1 heterocycles. The number of carbonyl (C=O) groups excluding carboxylic acids is 2. The Labute approximate surface area is 118 Å². The fourth-order valence-electron chi connectivity index (χ4n) is 2.17. The second-order valence-corrected chi connectivity index (χ2v) is 4.90. The summed E-state index contributed by atoms with van der Waals surface area (Å²) in [5, 5.41) is 2.78. The van der Waals surface area contributed by atoms with E-state index in [0.29, 0.717) is 19.7 Å². The van der Waals surface area contributed by atoms with Crippen LogP contribution in [-0.2, 0) is 14.3 Å². The number of ether oxygens (including phenoxy) is 1. The number of hydrogen-bond donors (Lipinski definition) is 1. The van der Waals surface area contributed by atoms with E-state index in [4.69, 9.17) is 4.74 Å². The smallest absolute Gasteiger partial charge is 0.252 e. The summed E-state index contributed by atoms with van der Waals surface area (Å²) < 4.78 is 5.40. The molecular formula is C15H20N2O3. The molecule has 0 bridgehead atoms. The van der Waals surface area contributed by atoms with Gasteiger partial charge < -0.3 is 15.0 Å². The van der Waals surface area contributed by atoms with E-state index in [0.717, 1.165) is 11.3 Å². The zero-order chi connectivity index (χ0) is 14.5. The zero-order valence-corrected chi connectivity index (χ0v) is 11.9. The lowest BCUT2D eigenvalue weighted by atomic mass is 10.1. The molecule has 0 unspecified atom stereocenters. The standard InChI is InChI=1S/C15H20N2O3/c1-3-17-8-9-20-13(15(17)19)10-14(18)16-12-6-4-11(2)5-7-12/h4-7,13H,3,8-10H2,1-2H3,(H,16,18)/t13-/m1/s1. The molecule has 0 radical (unpaired) electrons. The molecule has 5 heteroatoms. The van der Waals surface area contributed by atoms with Crippen molar-refractivity contribution >= 4 is 17.5 Å². The van der Waals surface area contributed by atoms with Crippen molar-refractivity contribution < 1.29 is 14.3 Å². The van der Waals surface area contributed by atoms with E-state index in [9.17, 15) is 9.59 Å². The molecule has 1 aliphatic rings. The van der Waals surface area contributed by atoms with E-state index in [-0.39, 0.29) is 18.2 Å². The molecule has 108 valence electrons. The van der Waals surface area contributed by atoms with Crippen molar-refractivity contribution in [2.45, 2.75) is 26.4 Å². The number of nitrogens with zero attached hydrogens (tertiary/aromatic N) is 1. The van der Waals surface area contributed by atoms with Crippen LogP contribution in [-0.4, -0.2) is 42.5 Å². The van der Waals surface area contributed by atoms with Gasteiger partial charge in [0.15, 0.2) is 0 Å². The largest absolute Gasteiger partial charge is 0.366 e. The molecule has 1 N–H and O–H groups in total. The summed E-state index contributed by atoms with van der Waals surface area (Å²) in [7, 11) is 0. The van der Waals surface area contributed by atoms with Crippen LogP contribution in [0, 0.1) is 6.92 Å². The number of anilines is 1. The van der Waals surface area contributed by atoms with Crippen molar-refractivity contribution in [2.24, 2.45) is 0 Å². The lowest BCUT2D eigenvalue weighted by Gasteiger charge is -2.31. The van der Waals surface area contributed by atoms with Gasteiger partial charge in [-0.25, -0.2) is 0 Å². The fourth-order valence-corrected chi connectivity index (χ4v) is 2.17. The molecule has 2 amide bonds. The maximum absolute atomic E-state index is 12.0. The van der Waals surface area contributed by atoms with Crippen LogP contribution in [0.4, 0.5) is 5.69 Å². The summed E-state index contributed by atoms with van der Waals surface area (Å²) in [6.45, 7) is 5.65. The van der Waals surface area contributed by atoms with E-state index in [1.54, 1.807) is 4.90 Å². The van der Waals surface area contributed by atoms with Crippen LogP contribution in [0.5, 0.6) is 0 Å². The zero-order valence-electron chi connectivity index (χ0n) is 11.9. The predicted molar refractivity (Wildman–Crippen MR) is 76.4 cm³/mol. The van der Waals surface area contributed by atoms with Gasteiger partial charge in [-0.3, -0.25) is 9.59 Å². The number of nitrogens with one attached hydrogen (secondary N) is 1. The quantitative estimate of drug-likeness (QED) is 0.908. The highest BCUT2D eigenvalue weighted by atomic mass is 16.5. The van der Waals surface area contributed by atoms with Gasteiger partial charge in [-0.1, -0.05) is 17.7 Å². The first-order valence-corrected chi connectivity index (χ1v) is 6.87. The van der Waals surface area contributed by atoms with Gasteiger partial charge in [0.1, 0.15) is 6.10 Å². The number of rotatable bonds is 4. The Morgan fingerprint density at radius 1 is 1.40 bits per heavy atom. The number of carbonyl (C=O) groups is 2. The molecule has 1 fully saturated rings. The van der Waals surface area contributed by atoms with Crippen LogP contribution in [0.25, 0.3) is 0 Å². The minimum Gasteiger partial charge on any atom is -0.366 e. The molecule has 20 heavy (non-hydrogen) atoms. The third-order valence-corrected chi connectivity index (χ3v) is 3.36. The average molecular weight is 276 g/mol. The van der Waals surface area contributed by atoms with Gasteiger partial charge in [-0.15, -0.1) is 0 Å². The Morgan fingerprint density at radius 3 is 2.75 bits per heavy atom. The summed E-state index contributed by atoms with van der Waals surface area (Å²) in [5.41, 5.74) is 1.86. The normalized spacial score (nSPS) is 19.0. The van der Waals surface area contributed by atoms with Gasteiger partial charge in [-0.05, 0) is 26.0 Å². The van der Waals surface area contributed by atoms with Crippen molar-refractivity contribution in [3.63, 3.8) is 0 Å². The lowest BCUT2D eigenvalue weighted by Crippen LogP contribution is -2.48. The van der Waals surface area contributed by atoms with Crippen molar-refractivity contribution in [1.82, 2.24) is 4.90 Å². The van der Waals surface area contributed by atoms with Gasteiger partial charge in [0.05, 0.1) is 13.0 Å². The first-order chi connectivity index (χ1) is 9.60. The number of benzene rings is 1. The summed E-state index contributed by atoms with van der Waals surface area (Å²) in [4.78, 5) is 25.7. The van der Waals surface area contributed by atoms with Crippen LogP contribution in [0.2, 0.25) is 0 Å². The average Bonchev–Trinajstić information content (AvgIpc) is 2.44. The number of aryl methyl sites for hydroxylation is 1. The topological polar surface area (TPSA) is 58.6 Å². The molecule has 0 saturated carbocycles. The summed E-state index contributed by atoms with van der Waals surface area (Å²) in [6.07, 6.45) is -0.599. The van der Waals surface area contributed by atoms with Gasteiger partial charge in [-0.2, -0.15) is 0 Å². The first kappa shape index (κ1) is 14.5. The molecule has 1 aliphatic heterocycles. The van der Waals surface area contributed by atoms with Crippen molar-refractivity contribution in [2.75, 3.05) is 25.0 Å². The maximum atomic E-state index is 12.0. The van der Waals surface area contributed by atoms with E-state index < -0.39 is 6.10 Å². The van der Waals surface area contributed by atoms with E-state index in [1.165, 1.54) is 0 Å². The number of hydrogen-bond acceptors (Lipinski definition) is 3. The highest BCUT2D eigenvalue weighted by Crippen LogP contribution is 2.13. The van der Waals surface area contributed by atoms with Crippen molar-refractivity contribution in [3.05, 3.63) is 29.8 Å². The lowest BCUT2D eigenvalue weighted by molar-refractivity contribution is -0.154. The van der Waals surface area contributed by atoms with Crippen LogP contribution >= 0.6 is 0 Å². The Hall–Kier alpha value is -1.88. The molecule has 0 aromatic heterocycles. The van der Waals surface area contributed by atoms with Crippen LogP contribution in [0.1, 0.15) is 18.9 Å².